The number of Topliss-reactive ketones (excluding diaryl/α,β-unsaturated/α-hetero) is 1. The molecule has 4 nitrogen and oxygen atoms in total. The molecule has 0 saturated heterocycles. The highest BCUT2D eigenvalue weighted by Crippen LogP contribution is 2.27. The molecule has 2 rings (SSSR count). The number of carbonyl (C=O) groups is 2. The summed E-state index contributed by atoms with van der Waals surface area (Å²) in [5.41, 5.74) is 1.52. The number of nitrogens with one attached hydrogen (secondary N) is 1. The lowest BCUT2D eigenvalue weighted by Crippen LogP contribution is -2.34. The number of carbonyl (C=O) groups excluding carboxylic acids is 2. The Labute approximate surface area is 136 Å². The highest BCUT2D eigenvalue weighted by molar-refractivity contribution is 5.98. The van der Waals surface area contributed by atoms with Gasteiger partial charge in [-0.3, -0.25) is 9.59 Å². The summed E-state index contributed by atoms with van der Waals surface area (Å²) >= 11 is 0. The van der Waals surface area contributed by atoms with E-state index < -0.39 is 0 Å². The molecule has 0 aliphatic carbocycles. The summed E-state index contributed by atoms with van der Waals surface area (Å²) in [4.78, 5) is 24.3. The quantitative estimate of drug-likeness (QED) is 0.832. The van der Waals surface area contributed by atoms with Crippen LogP contribution in [0, 0.1) is 5.92 Å². The Bertz CT molecular complexity index is 665. The van der Waals surface area contributed by atoms with E-state index in [0.29, 0.717) is 5.56 Å². The summed E-state index contributed by atoms with van der Waals surface area (Å²) in [6, 6.07) is 16.1. The predicted octanol–water partition coefficient (Wildman–Crippen LogP) is 3.39. The number of ketones is 1. The Hall–Kier alpha value is -2.62. The van der Waals surface area contributed by atoms with Crippen molar-refractivity contribution in [2.24, 2.45) is 5.92 Å². The summed E-state index contributed by atoms with van der Waals surface area (Å²) in [5.74, 6) is 0.186. The van der Waals surface area contributed by atoms with Crippen molar-refractivity contribution in [2.75, 3.05) is 7.11 Å². The van der Waals surface area contributed by atoms with Gasteiger partial charge in [0.15, 0.2) is 5.78 Å². The molecular formula is C19H21NO3. The van der Waals surface area contributed by atoms with Gasteiger partial charge in [0, 0.05) is 18.4 Å². The van der Waals surface area contributed by atoms with Crippen molar-refractivity contribution in [1.29, 1.82) is 0 Å². The fourth-order valence-electron chi connectivity index (χ4n) is 2.54. The van der Waals surface area contributed by atoms with Crippen LogP contribution in [-0.2, 0) is 4.79 Å². The third-order valence-electron chi connectivity index (χ3n) is 3.81. The van der Waals surface area contributed by atoms with E-state index in [0.717, 1.165) is 11.3 Å². The zero-order valence-corrected chi connectivity index (χ0v) is 13.6. The Kier molecular flexibility index (Phi) is 5.52. The van der Waals surface area contributed by atoms with Crippen LogP contribution >= 0.6 is 0 Å². The average molecular weight is 311 g/mol. The molecule has 0 saturated carbocycles. The molecule has 0 fully saturated rings. The number of rotatable bonds is 6. The molecule has 4 heteroatoms. The zero-order valence-electron chi connectivity index (χ0n) is 13.6. The van der Waals surface area contributed by atoms with E-state index in [1.54, 1.807) is 19.2 Å². The van der Waals surface area contributed by atoms with E-state index in [-0.39, 0.29) is 23.7 Å². The maximum atomic E-state index is 12.7. The SMILES string of the molecule is COc1ccc([C@@H](NC(C)=O)[C@@H](C)C(=O)c2ccccc2)cc1. The molecule has 1 N–H and O–H groups in total. The molecule has 0 unspecified atom stereocenters. The van der Waals surface area contributed by atoms with Gasteiger partial charge in [-0.2, -0.15) is 0 Å². The second kappa shape index (κ2) is 7.58. The Morgan fingerprint density at radius 1 is 1.00 bits per heavy atom. The summed E-state index contributed by atoms with van der Waals surface area (Å²) in [6.45, 7) is 3.29. The van der Waals surface area contributed by atoms with Crippen LogP contribution in [0.15, 0.2) is 54.6 Å². The van der Waals surface area contributed by atoms with Gasteiger partial charge in [-0.05, 0) is 17.7 Å². The smallest absolute Gasteiger partial charge is 0.217 e. The van der Waals surface area contributed by atoms with Gasteiger partial charge < -0.3 is 10.1 Å². The van der Waals surface area contributed by atoms with E-state index in [1.807, 2.05) is 49.4 Å². The van der Waals surface area contributed by atoms with Crippen LogP contribution in [0.25, 0.3) is 0 Å². The molecule has 0 heterocycles. The van der Waals surface area contributed by atoms with Gasteiger partial charge in [-0.15, -0.1) is 0 Å². The summed E-state index contributed by atoms with van der Waals surface area (Å²) < 4.78 is 5.15. The van der Waals surface area contributed by atoms with E-state index in [1.165, 1.54) is 6.92 Å². The molecule has 0 aromatic heterocycles. The maximum absolute atomic E-state index is 12.7. The normalized spacial score (nSPS) is 13.0. The minimum absolute atomic E-state index is 0.000156. The molecule has 23 heavy (non-hydrogen) atoms. The third-order valence-corrected chi connectivity index (χ3v) is 3.81. The Morgan fingerprint density at radius 2 is 1.61 bits per heavy atom. The second-order valence-corrected chi connectivity index (χ2v) is 5.47. The lowest BCUT2D eigenvalue weighted by molar-refractivity contribution is -0.119. The fourth-order valence-corrected chi connectivity index (χ4v) is 2.54. The number of hydrogen-bond donors (Lipinski definition) is 1. The molecule has 120 valence electrons. The summed E-state index contributed by atoms with van der Waals surface area (Å²) in [6.07, 6.45) is 0. The van der Waals surface area contributed by atoms with Crippen LogP contribution in [0.1, 0.15) is 35.8 Å². The van der Waals surface area contributed by atoms with E-state index in [4.69, 9.17) is 4.74 Å². The third kappa shape index (κ3) is 4.19. The molecule has 0 bridgehead atoms. The number of amides is 1. The van der Waals surface area contributed by atoms with Crippen LogP contribution in [0.5, 0.6) is 5.75 Å². The molecule has 0 spiro atoms. The Morgan fingerprint density at radius 3 is 2.13 bits per heavy atom. The number of benzene rings is 2. The fraction of sp³-hybridized carbons (Fsp3) is 0.263. The average Bonchev–Trinajstić information content (AvgIpc) is 2.59. The molecule has 2 aromatic carbocycles. The first-order chi connectivity index (χ1) is 11.0. The first-order valence-electron chi connectivity index (χ1n) is 7.53. The van der Waals surface area contributed by atoms with E-state index in [9.17, 15) is 9.59 Å². The van der Waals surface area contributed by atoms with Gasteiger partial charge in [-0.1, -0.05) is 49.4 Å². The standard InChI is InChI=1S/C19H21NO3/c1-13(19(22)16-7-5-4-6-8-16)18(20-14(2)21)15-9-11-17(23-3)12-10-15/h4-13,18H,1-3H3,(H,20,21)/t13-,18+/m1/s1. The number of methoxy groups -OCH3 is 1. The monoisotopic (exact) mass is 311 g/mol. The molecule has 2 aromatic rings. The highest BCUT2D eigenvalue weighted by atomic mass is 16.5. The molecule has 0 aliphatic heterocycles. The van der Waals surface area contributed by atoms with Gasteiger partial charge in [0.1, 0.15) is 5.75 Å². The van der Waals surface area contributed by atoms with Gasteiger partial charge in [0.05, 0.1) is 13.2 Å². The number of ether oxygens (including phenoxy) is 1. The van der Waals surface area contributed by atoms with Crippen molar-refractivity contribution in [3.63, 3.8) is 0 Å². The maximum Gasteiger partial charge on any atom is 0.217 e. The molecule has 2 atom stereocenters. The molecule has 1 amide bonds. The van der Waals surface area contributed by atoms with Crippen molar-refractivity contribution >= 4 is 11.7 Å². The Balaban J connectivity index is 2.29. The van der Waals surface area contributed by atoms with Crippen LogP contribution < -0.4 is 10.1 Å². The van der Waals surface area contributed by atoms with Crippen LogP contribution in [0.4, 0.5) is 0 Å². The van der Waals surface area contributed by atoms with Crippen LogP contribution in [0.2, 0.25) is 0 Å². The van der Waals surface area contributed by atoms with Gasteiger partial charge in [0.25, 0.3) is 0 Å². The van der Waals surface area contributed by atoms with Gasteiger partial charge >= 0.3 is 0 Å². The summed E-state index contributed by atoms with van der Waals surface area (Å²) in [7, 11) is 1.60. The van der Waals surface area contributed by atoms with Crippen LogP contribution in [0.3, 0.4) is 0 Å². The summed E-state index contributed by atoms with van der Waals surface area (Å²) in [5, 5.41) is 2.88. The van der Waals surface area contributed by atoms with Crippen molar-refractivity contribution in [3.8, 4) is 5.75 Å². The van der Waals surface area contributed by atoms with E-state index in [2.05, 4.69) is 5.32 Å². The van der Waals surface area contributed by atoms with Gasteiger partial charge in [0.2, 0.25) is 5.91 Å². The van der Waals surface area contributed by atoms with Crippen molar-refractivity contribution in [1.82, 2.24) is 5.32 Å². The second-order valence-electron chi connectivity index (χ2n) is 5.47. The minimum Gasteiger partial charge on any atom is -0.497 e. The zero-order chi connectivity index (χ0) is 16.8. The van der Waals surface area contributed by atoms with Crippen LogP contribution in [-0.4, -0.2) is 18.8 Å². The topological polar surface area (TPSA) is 55.4 Å². The first-order valence-corrected chi connectivity index (χ1v) is 7.53. The lowest BCUT2D eigenvalue weighted by atomic mass is 9.88. The predicted molar refractivity (Wildman–Crippen MR) is 89.5 cm³/mol. The van der Waals surface area contributed by atoms with Crippen molar-refractivity contribution in [2.45, 2.75) is 19.9 Å². The van der Waals surface area contributed by atoms with Crippen molar-refractivity contribution < 1.29 is 14.3 Å². The lowest BCUT2D eigenvalue weighted by Gasteiger charge is -2.24. The molecule has 0 radical (unpaired) electrons. The minimum atomic E-state index is -0.383. The highest BCUT2D eigenvalue weighted by Gasteiger charge is 2.27. The first kappa shape index (κ1) is 16.7. The largest absolute Gasteiger partial charge is 0.497 e. The van der Waals surface area contributed by atoms with E-state index >= 15 is 0 Å². The molecule has 0 aliphatic rings. The molecular weight excluding hydrogens is 290 g/mol. The van der Waals surface area contributed by atoms with Gasteiger partial charge in [-0.25, -0.2) is 0 Å². The van der Waals surface area contributed by atoms with Crippen molar-refractivity contribution in [3.05, 3.63) is 65.7 Å². The number of hydrogen-bond acceptors (Lipinski definition) is 3.